The van der Waals surface area contributed by atoms with Crippen LogP contribution in [0.25, 0.3) is 0 Å². The highest BCUT2D eigenvalue weighted by Crippen LogP contribution is 2.38. The Morgan fingerprint density at radius 3 is 2.50 bits per heavy atom. The van der Waals surface area contributed by atoms with Gasteiger partial charge in [0.25, 0.3) is 0 Å². The molecular formula is C10H5F4NO2S. The number of hydrogen-bond donors (Lipinski definition) is 0. The Morgan fingerprint density at radius 2 is 2.06 bits per heavy atom. The van der Waals surface area contributed by atoms with Gasteiger partial charge in [0, 0.05) is 4.90 Å². The summed E-state index contributed by atoms with van der Waals surface area (Å²) < 4.78 is 54.2. The highest BCUT2D eigenvalue weighted by molar-refractivity contribution is 8.00. The molecule has 0 amide bonds. The van der Waals surface area contributed by atoms with Crippen molar-refractivity contribution in [3.8, 4) is 6.07 Å². The Labute approximate surface area is 103 Å². The van der Waals surface area contributed by atoms with Gasteiger partial charge in [0.15, 0.2) is 5.82 Å². The topological polar surface area (TPSA) is 50.1 Å². The molecular weight excluding hydrogens is 274 g/mol. The molecule has 0 radical (unpaired) electrons. The molecule has 0 bridgehead atoms. The minimum Gasteiger partial charge on any atom is -0.465 e. The van der Waals surface area contributed by atoms with Gasteiger partial charge in [-0.25, -0.2) is 9.18 Å². The van der Waals surface area contributed by atoms with E-state index >= 15 is 0 Å². The van der Waals surface area contributed by atoms with Crippen LogP contribution < -0.4 is 0 Å². The normalized spacial score (nSPS) is 10.9. The molecule has 0 saturated heterocycles. The predicted octanol–water partition coefficient (Wildman–Crippen LogP) is 3.10. The van der Waals surface area contributed by atoms with E-state index < -0.39 is 45.1 Å². The molecule has 0 spiro atoms. The third kappa shape index (κ3) is 3.37. The van der Waals surface area contributed by atoms with Gasteiger partial charge in [-0.1, -0.05) is 0 Å². The van der Waals surface area contributed by atoms with E-state index in [4.69, 9.17) is 5.26 Å². The predicted molar refractivity (Wildman–Crippen MR) is 54.4 cm³/mol. The average molecular weight is 279 g/mol. The molecule has 0 aliphatic carbocycles. The molecule has 0 saturated carbocycles. The summed E-state index contributed by atoms with van der Waals surface area (Å²) in [6, 6.07) is 2.79. The molecule has 0 aliphatic rings. The summed E-state index contributed by atoms with van der Waals surface area (Å²) in [5.41, 5.74) is -5.95. The lowest BCUT2D eigenvalue weighted by atomic mass is 10.1. The summed E-state index contributed by atoms with van der Waals surface area (Å²) in [5, 5.41) is 8.59. The minimum absolute atomic E-state index is 0.458. The Morgan fingerprint density at radius 1 is 1.44 bits per heavy atom. The number of nitrogens with zero attached hydrogens (tertiary/aromatic N) is 1. The molecule has 1 aromatic carbocycles. The van der Waals surface area contributed by atoms with E-state index in [1.807, 2.05) is 0 Å². The second-order valence-electron chi connectivity index (χ2n) is 2.98. The lowest BCUT2D eigenvalue weighted by Gasteiger charge is -2.08. The average Bonchev–Trinajstić information content (AvgIpc) is 2.28. The van der Waals surface area contributed by atoms with Crippen molar-refractivity contribution in [2.45, 2.75) is 10.4 Å². The monoisotopic (exact) mass is 279 g/mol. The van der Waals surface area contributed by atoms with E-state index in [0.29, 0.717) is 6.07 Å². The van der Waals surface area contributed by atoms with E-state index in [2.05, 4.69) is 4.74 Å². The molecule has 96 valence electrons. The van der Waals surface area contributed by atoms with Crippen molar-refractivity contribution < 1.29 is 27.1 Å². The Hall–Kier alpha value is -1.75. The molecule has 0 atom stereocenters. The highest BCUT2D eigenvalue weighted by atomic mass is 32.2. The number of benzene rings is 1. The summed E-state index contributed by atoms with van der Waals surface area (Å²) in [6.45, 7) is 0. The van der Waals surface area contributed by atoms with Gasteiger partial charge in [0.1, 0.15) is 6.07 Å². The number of hydrogen-bond acceptors (Lipinski definition) is 4. The first-order valence-corrected chi connectivity index (χ1v) is 5.18. The first kappa shape index (κ1) is 14.3. The van der Waals surface area contributed by atoms with Crippen molar-refractivity contribution >= 4 is 17.7 Å². The standard InChI is InChI=1S/C10H5F4NO2S/c1-17-9(16)7-3-6(18-10(12,13)14)2-5(4-15)8(7)11/h2-3H,1H3. The summed E-state index contributed by atoms with van der Waals surface area (Å²) >= 11 is -0.545. The van der Waals surface area contributed by atoms with Gasteiger partial charge in [0.05, 0.1) is 18.2 Å². The van der Waals surface area contributed by atoms with Crippen molar-refractivity contribution in [2.75, 3.05) is 7.11 Å². The number of thioether (sulfide) groups is 1. The minimum atomic E-state index is -4.60. The van der Waals surface area contributed by atoms with Crippen LogP contribution in [0.4, 0.5) is 17.6 Å². The second kappa shape index (κ2) is 5.27. The lowest BCUT2D eigenvalue weighted by Crippen LogP contribution is -2.07. The number of halogens is 4. The Kier molecular flexibility index (Phi) is 4.19. The van der Waals surface area contributed by atoms with Crippen LogP contribution in [-0.2, 0) is 4.74 Å². The largest absolute Gasteiger partial charge is 0.465 e. The molecule has 0 aliphatic heterocycles. The van der Waals surface area contributed by atoms with Gasteiger partial charge in [-0.2, -0.15) is 18.4 Å². The summed E-state index contributed by atoms with van der Waals surface area (Å²) in [4.78, 5) is 10.7. The van der Waals surface area contributed by atoms with E-state index in [0.717, 1.165) is 13.2 Å². The fourth-order valence-electron chi connectivity index (χ4n) is 1.13. The zero-order valence-electron chi connectivity index (χ0n) is 8.84. The van der Waals surface area contributed by atoms with Crippen LogP contribution in [0.3, 0.4) is 0 Å². The van der Waals surface area contributed by atoms with Crippen molar-refractivity contribution in [3.63, 3.8) is 0 Å². The molecule has 0 aromatic heterocycles. The SMILES string of the molecule is COC(=O)c1cc(SC(F)(F)F)cc(C#N)c1F. The number of nitriles is 1. The van der Waals surface area contributed by atoms with Gasteiger partial charge >= 0.3 is 11.5 Å². The molecule has 1 rings (SSSR count). The van der Waals surface area contributed by atoms with Gasteiger partial charge in [-0.15, -0.1) is 0 Å². The third-order valence-electron chi connectivity index (χ3n) is 1.81. The van der Waals surface area contributed by atoms with Crippen molar-refractivity contribution in [1.82, 2.24) is 0 Å². The van der Waals surface area contributed by atoms with Crippen LogP contribution in [0.2, 0.25) is 0 Å². The summed E-state index contributed by atoms with van der Waals surface area (Å²) in [5.74, 6) is -2.34. The molecule has 0 fully saturated rings. The van der Waals surface area contributed by atoms with Crippen LogP contribution in [0.15, 0.2) is 17.0 Å². The molecule has 0 unspecified atom stereocenters. The first-order chi connectivity index (χ1) is 8.28. The number of ether oxygens (including phenoxy) is 1. The van der Waals surface area contributed by atoms with Crippen LogP contribution >= 0.6 is 11.8 Å². The quantitative estimate of drug-likeness (QED) is 0.474. The van der Waals surface area contributed by atoms with Crippen LogP contribution in [-0.4, -0.2) is 18.6 Å². The summed E-state index contributed by atoms with van der Waals surface area (Å²) in [7, 11) is 0.956. The second-order valence-corrected chi connectivity index (χ2v) is 4.12. The zero-order valence-corrected chi connectivity index (χ0v) is 9.66. The molecule has 8 heteroatoms. The Balaban J connectivity index is 3.32. The number of carbonyl (C=O) groups excluding carboxylic acids is 1. The molecule has 18 heavy (non-hydrogen) atoms. The number of alkyl halides is 3. The smallest absolute Gasteiger partial charge is 0.446 e. The van der Waals surface area contributed by atoms with Gasteiger partial charge in [-0.3, -0.25) is 0 Å². The fourth-order valence-corrected chi connectivity index (χ4v) is 1.75. The van der Waals surface area contributed by atoms with Crippen molar-refractivity contribution in [1.29, 1.82) is 5.26 Å². The Bertz CT molecular complexity index is 522. The van der Waals surface area contributed by atoms with E-state index in [1.54, 1.807) is 0 Å². The van der Waals surface area contributed by atoms with Crippen molar-refractivity contribution in [3.05, 3.63) is 29.1 Å². The van der Waals surface area contributed by atoms with Gasteiger partial charge in [-0.05, 0) is 23.9 Å². The zero-order chi connectivity index (χ0) is 13.9. The lowest BCUT2D eigenvalue weighted by molar-refractivity contribution is -0.0328. The highest BCUT2D eigenvalue weighted by Gasteiger charge is 2.30. The van der Waals surface area contributed by atoms with Gasteiger partial charge < -0.3 is 4.74 Å². The number of methoxy groups -OCH3 is 1. The maximum absolute atomic E-state index is 13.5. The van der Waals surface area contributed by atoms with E-state index in [-0.39, 0.29) is 0 Å². The van der Waals surface area contributed by atoms with E-state index in [9.17, 15) is 22.4 Å². The van der Waals surface area contributed by atoms with Crippen LogP contribution in [0.1, 0.15) is 15.9 Å². The maximum Gasteiger partial charge on any atom is 0.446 e. The third-order valence-corrected chi connectivity index (χ3v) is 2.51. The fraction of sp³-hybridized carbons (Fsp3) is 0.200. The molecule has 3 nitrogen and oxygen atoms in total. The van der Waals surface area contributed by atoms with Crippen LogP contribution in [0, 0.1) is 17.1 Å². The number of rotatable bonds is 2. The summed E-state index contributed by atoms with van der Waals surface area (Å²) in [6.07, 6.45) is 0. The maximum atomic E-state index is 13.5. The van der Waals surface area contributed by atoms with Gasteiger partial charge in [0.2, 0.25) is 0 Å². The number of esters is 1. The first-order valence-electron chi connectivity index (χ1n) is 4.36. The van der Waals surface area contributed by atoms with Crippen LogP contribution in [0.5, 0.6) is 0 Å². The molecule has 0 heterocycles. The number of carbonyl (C=O) groups is 1. The molecule has 1 aromatic rings. The molecule has 0 N–H and O–H groups in total. The van der Waals surface area contributed by atoms with E-state index in [1.165, 1.54) is 6.07 Å². The van der Waals surface area contributed by atoms with Crippen molar-refractivity contribution in [2.24, 2.45) is 0 Å².